The number of carbonyl (C=O) groups is 1. The van der Waals surface area contributed by atoms with Gasteiger partial charge in [0.2, 0.25) is 5.91 Å². The van der Waals surface area contributed by atoms with Crippen LogP contribution in [0.1, 0.15) is 17.0 Å². The average molecular weight is 259 g/mol. The average Bonchev–Trinajstić information content (AvgIpc) is 2.41. The summed E-state index contributed by atoms with van der Waals surface area (Å²) in [7, 11) is 0. The predicted octanol–water partition coefficient (Wildman–Crippen LogP) is 0.429. The normalized spacial score (nSPS) is 22.8. The van der Waals surface area contributed by atoms with Crippen LogP contribution >= 0.6 is 0 Å². The molecule has 1 amide bonds. The third kappa shape index (κ3) is 2.38. The van der Waals surface area contributed by atoms with Gasteiger partial charge in [0.15, 0.2) is 0 Å². The Labute approximate surface area is 114 Å². The van der Waals surface area contributed by atoms with Crippen LogP contribution in [0.3, 0.4) is 0 Å². The Balaban J connectivity index is 1.59. The molecule has 0 aromatic heterocycles. The van der Waals surface area contributed by atoms with E-state index in [1.54, 1.807) is 0 Å². The van der Waals surface area contributed by atoms with Crippen LogP contribution in [0.4, 0.5) is 0 Å². The van der Waals surface area contributed by atoms with Crippen LogP contribution in [0.15, 0.2) is 24.3 Å². The maximum atomic E-state index is 12.5. The van der Waals surface area contributed by atoms with Gasteiger partial charge in [-0.2, -0.15) is 0 Å². The van der Waals surface area contributed by atoms with Gasteiger partial charge in [0.25, 0.3) is 0 Å². The molecule has 1 fully saturated rings. The fraction of sp³-hybridized carbons (Fsp3) is 0.533. The third-order valence-corrected chi connectivity index (χ3v) is 4.28. The molecule has 1 aliphatic heterocycles. The zero-order valence-electron chi connectivity index (χ0n) is 11.2. The second kappa shape index (κ2) is 5.31. The smallest absolute Gasteiger partial charge is 0.230 e. The van der Waals surface area contributed by atoms with E-state index in [9.17, 15) is 4.79 Å². The molecule has 1 aromatic rings. The minimum Gasteiger partial charge on any atom is -0.340 e. The number of carbonyl (C=O) groups excluding carboxylic acids is 1. The standard InChI is InChI=1S/C15H21N3O/c16-5-6-17-7-9-18(10-8-17)15(19)14-11-12-3-1-2-4-13(12)14/h1-4,14H,5-11,16H2. The Hall–Kier alpha value is -1.39. The summed E-state index contributed by atoms with van der Waals surface area (Å²) in [6.07, 6.45) is 0.915. The lowest BCUT2D eigenvalue weighted by atomic mass is 9.77. The first kappa shape index (κ1) is 12.6. The first-order chi connectivity index (χ1) is 9.29. The maximum absolute atomic E-state index is 12.5. The molecule has 1 aromatic carbocycles. The summed E-state index contributed by atoms with van der Waals surface area (Å²) in [6, 6.07) is 8.28. The van der Waals surface area contributed by atoms with Crippen LogP contribution < -0.4 is 5.73 Å². The van der Waals surface area contributed by atoms with E-state index in [1.165, 1.54) is 11.1 Å². The van der Waals surface area contributed by atoms with Gasteiger partial charge in [-0.15, -0.1) is 0 Å². The molecule has 0 saturated carbocycles. The Morgan fingerprint density at radius 3 is 2.63 bits per heavy atom. The molecule has 1 aliphatic carbocycles. The number of piperazine rings is 1. The Morgan fingerprint density at radius 2 is 1.95 bits per heavy atom. The lowest BCUT2D eigenvalue weighted by Gasteiger charge is -2.39. The highest BCUT2D eigenvalue weighted by Crippen LogP contribution is 2.36. The molecule has 1 heterocycles. The number of benzene rings is 1. The van der Waals surface area contributed by atoms with Gasteiger partial charge in [-0.25, -0.2) is 0 Å². The minimum absolute atomic E-state index is 0.109. The second-order valence-corrected chi connectivity index (χ2v) is 5.41. The molecule has 2 aliphatic rings. The zero-order valence-corrected chi connectivity index (χ0v) is 11.2. The van der Waals surface area contributed by atoms with Gasteiger partial charge in [0.05, 0.1) is 5.92 Å². The Kier molecular flexibility index (Phi) is 3.53. The SMILES string of the molecule is NCCN1CCN(C(=O)C2Cc3ccccc32)CC1. The number of hydrogen-bond acceptors (Lipinski definition) is 3. The van der Waals surface area contributed by atoms with Crippen LogP contribution in [-0.4, -0.2) is 55.0 Å². The van der Waals surface area contributed by atoms with Crippen molar-refractivity contribution in [1.82, 2.24) is 9.80 Å². The van der Waals surface area contributed by atoms with Crippen LogP contribution in [-0.2, 0) is 11.2 Å². The Bertz CT molecular complexity index is 466. The van der Waals surface area contributed by atoms with Crippen molar-refractivity contribution in [2.75, 3.05) is 39.3 Å². The number of fused-ring (bicyclic) bond motifs is 1. The van der Waals surface area contributed by atoms with E-state index in [1.807, 2.05) is 17.0 Å². The summed E-state index contributed by atoms with van der Waals surface area (Å²) in [4.78, 5) is 16.8. The number of hydrogen-bond donors (Lipinski definition) is 1. The fourth-order valence-corrected chi connectivity index (χ4v) is 3.07. The third-order valence-electron chi connectivity index (χ3n) is 4.28. The van der Waals surface area contributed by atoms with E-state index in [0.717, 1.165) is 39.1 Å². The van der Waals surface area contributed by atoms with Gasteiger partial charge >= 0.3 is 0 Å². The molecule has 0 radical (unpaired) electrons. The lowest BCUT2D eigenvalue weighted by Crippen LogP contribution is -2.51. The van der Waals surface area contributed by atoms with E-state index in [2.05, 4.69) is 17.0 Å². The van der Waals surface area contributed by atoms with Gasteiger partial charge in [-0.1, -0.05) is 24.3 Å². The molecule has 2 N–H and O–H groups in total. The van der Waals surface area contributed by atoms with Gasteiger partial charge < -0.3 is 10.6 Å². The van der Waals surface area contributed by atoms with E-state index < -0.39 is 0 Å². The fourth-order valence-electron chi connectivity index (χ4n) is 3.07. The molecule has 3 rings (SSSR count). The lowest BCUT2D eigenvalue weighted by molar-refractivity contribution is -0.135. The molecule has 4 nitrogen and oxygen atoms in total. The number of nitrogens with zero attached hydrogens (tertiary/aromatic N) is 2. The van der Waals surface area contributed by atoms with Crippen molar-refractivity contribution >= 4 is 5.91 Å². The van der Waals surface area contributed by atoms with Gasteiger partial charge in [0, 0.05) is 39.3 Å². The number of nitrogens with two attached hydrogens (primary N) is 1. The van der Waals surface area contributed by atoms with Crippen molar-refractivity contribution in [3.63, 3.8) is 0 Å². The summed E-state index contributed by atoms with van der Waals surface area (Å²) in [5.41, 5.74) is 8.13. The van der Waals surface area contributed by atoms with E-state index in [-0.39, 0.29) is 5.92 Å². The molecule has 1 saturated heterocycles. The van der Waals surface area contributed by atoms with E-state index in [4.69, 9.17) is 5.73 Å². The van der Waals surface area contributed by atoms with Crippen molar-refractivity contribution in [1.29, 1.82) is 0 Å². The molecule has 4 heteroatoms. The summed E-state index contributed by atoms with van der Waals surface area (Å²) in [5.74, 6) is 0.420. The van der Waals surface area contributed by atoms with Gasteiger partial charge in [0.1, 0.15) is 0 Å². The minimum atomic E-state index is 0.109. The largest absolute Gasteiger partial charge is 0.340 e. The van der Waals surface area contributed by atoms with Crippen LogP contribution in [0.25, 0.3) is 0 Å². The van der Waals surface area contributed by atoms with E-state index in [0.29, 0.717) is 12.5 Å². The molecule has 102 valence electrons. The van der Waals surface area contributed by atoms with Crippen molar-refractivity contribution in [3.05, 3.63) is 35.4 Å². The molecule has 1 atom stereocenters. The molecule has 0 bridgehead atoms. The van der Waals surface area contributed by atoms with Crippen molar-refractivity contribution < 1.29 is 4.79 Å². The summed E-state index contributed by atoms with van der Waals surface area (Å²) >= 11 is 0. The van der Waals surface area contributed by atoms with E-state index >= 15 is 0 Å². The second-order valence-electron chi connectivity index (χ2n) is 5.41. The molecule has 19 heavy (non-hydrogen) atoms. The highest BCUT2D eigenvalue weighted by atomic mass is 16.2. The number of amides is 1. The van der Waals surface area contributed by atoms with Crippen LogP contribution in [0.2, 0.25) is 0 Å². The monoisotopic (exact) mass is 259 g/mol. The topological polar surface area (TPSA) is 49.6 Å². The van der Waals surface area contributed by atoms with Gasteiger partial charge in [-0.3, -0.25) is 9.69 Å². The van der Waals surface area contributed by atoms with Crippen LogP contribution in [0.5, 0.6) is 0 Å². The predicted molar refractivity (Wildman–Crippen MR) is 75.0 cm³/mol. The van der Waals surface area contributed by atoms with Crippen LogP contribution in [0, 0.1) is 0 Å². The van der Waals surface area contributed by atoms with Gasteiger partial charge in [-0.05, 0) is 17.5 Å². The molecule has 0 spiro atoms. The summed E-state index contributed by atoms with van der Waals surface area (Å²) in [5, 5.41) is 0. The maximum Gasteiger partial charge on any atom is 0.230 e. The Morgan fingerprint density at radius 1 is 1.21 bits per heavy atom. The van der Waals surface area contributed by atoms with Crippen molar-refractivity contribution in [2.45, 2.75) is 12.3 Å². The molecular formula is C15H21N3O. The number of rotatable bonds is 3. The highest BCUT2D eigenvalue weighted by molar-refractivity contribution is 5.87. The summed E-state index contributed by atoms with van der Waals surface area (Å²) in [6.45, 7) is 5.24. The molecular weight excluding hydrogens is 238 g/mol. The van der Waals surface area contributed by atoms with Crippen molar-refractivity contribution in [2.24, 2.45) is 5.73 Å². The van der Waals surface area contributed by atoms with Crippen molar-refractivity contribution in [3.8, 4) is 0 Å². The first-order valence-corrected chi connectivity index (χ1v) is 7.08. The highest BCUT2D eigenvalue weighted by Gasteiger charge is 2.35. The quantitative estimate of drug-likeness (QED) is 0.856. The summed E-state index contributed by atoms with van der Waals surface area (Å²) < 4.78 is 0. The first-order valence-electron chi connectivity index (χ1n) is 7.08. The molecule has 1 unspecified atom stereocenters. The zero-order chi connectivity index (χ0) is 13.2.